The molecule has 4 rings (SSSR count). The summed E-state index contributed by atoms with van der Waals surface area (Å²) in [5.41, 5.74) is 0.532. The lowest BCUT2D eigenvalue weighted by atomic mass is 9.98. The van der Waals surface area contributed by atoms with Crippen molar-refractivity contribution in [3.8, 4) is 0 Å². The Bertz CT molecular complexity index is 1290. The number of halogens is 1. The molecule has 0 bridgehead atoms. The number of hydrogen-bond donors (Lipinski definition) is 1. The zero-order valence-electron chi connectivity index (χ0n) is 14.7. The maximum absolute atomic E-state index is 14.4. The third-order valence-electron chi connectivity index (χ3n) is 4.74. The largest absolute Gasteiger partial charge is 0.329 e. The second kappa shape index (κ2) is 7.10. The van der Waals surface area contributed by atoms with Crippen LogP contribution in [0.15, 0.2) is 51.6 Å². The van der Waals surface area contributed by atoms with Crippen LogP contribution in [0.2, 0.25) is 0 Å². The van der Waals surface area contributed by atoms with Gasteiger partial charge in [-0.1, -0.05) is 6.08 Å². The van der Waals surface area contributed by atoms with Gasteiger partial charge >= 0.3 is 0 Å². The number of hydrogen-bond acceptors (Lipinski definition) is 5. The van der Waals surface area contributed by atoms with Crippen molar-refractivity contribution in [2.45, 2.75) is 29.2 Å². The van der Waals surface area contributed by atoms with E-state index < -0.39 is 27.0 Å². The van der Waals surface area contributed by atoms with Gasteiger partial charge in [-0.2, -0.15) is 0 Å². The molecule has 0 saturated heterocycles. The van der Waals surface area contributed by atoms with Crippen LogP contribution < -0.4 is 5.56 Å². The van der Waals surface area contributed by atoms with Crippen LogP contribution in [-0.2, 0) is 20.4 Å². The zero-order valence-corrected chi connectivity index (χ0v) is 16.3. The molecule has 8 heteroatoms. The first-order chi connectivity index (χ1) is 13.3. The molecule has 0 atom stereocenters. The Balaban J connectivity index is 1.66. The minimum Gasteiger partial charge on any atom is -0.329 e. The molecule has 3 aromatic rings. The normalized spacial score (nSPS) is 15.0. The smallest absolute Gasteiger partial charge is 0.255 e. The topological polar surface area (TPSA) is 84.1 Å². The van der Waals surface area contributed by atoms with E-state index in [0.29, 0.717) is 24.6 Å². The molecule has 144 valence electrons. The minimum atomic E-state index is -3.77. The molecule has 0 saturated carbocycles. The summed E-state index contributed by atoms with van der Waals surface area (Å²) in [6.45, 7) is 0. The first-order valence-corrected chi connectivity index (χ1v) is 11.1. The number of carbonyl (C=O) groups is 1. The van der Waals surface area contributed by atoms with Crippen molar-refractivity contribution in [2.24, 2.45) is 0 Å². The molecular weight excluding hydrogens is 401 g/mol. The van der Waals surface area contributed by atoms with E-state index >= 15 is 0 Å². The molecule has 0 spiro atoms. The number of Topliss-reactive ketones (excluding diaryl/α,β-unsaturated/α-hetero) is 1. The highest BCUT2D eigenvalue weighted by Gasteiger charge is 2.22. The Morgan fingerprint density at radius 3 is 2.68 bits per heavy atom. The molecule has 28 heavy (non-hydrogen) atoms. The quantitative estimate of drug-likeness (QED) is 0.699. The Labute approximate surface area is 164 Å². The molecule has 1 N–H and O–H groups in total. The SMILES string of the molecule is O=C1CC=C(c2ccc(S(=O)(=O)Cc3cc4c(=O)[nH]ccc4cc3F)s2)CC1. The number of carbonyl (C=O) groups excluding carboxylic acids is 1. The highest BCUT2D eigenvalue weighted by molar-refractivity contribution is 7.92. The summed E-state index contributed by atoms with van der Waals surface area (Å²) in [4.78, 5) is 26.6. The predicted molar refractivity (Wildman–Crippen MR) is 107 cm³/mol. The second-order valence-electron chi connectivity index (χ2n) is 6.69. The van der Waals surface area contributed by atoms with Gasteiger partial charge in [0.25, 0.3) is 5.56 Å². The summed E-state index contributed by atoms with van der Waals surface area (Å²) in [6.07, 6.45) is 4.68. The highest BCUT2D eigenvalue weighted by Crippen LogP contribution is 2.34. The first kappa shape index (κ1) is 18.8. The summed E-state index contributed by atoms with van der Waals surface area (Å²) >= 11 is 1.12. The van der Waals surface area contributed by atoms with E-state index in [1.807, 2.05) is 6.08 Å². The van der Waals surface area contributed by atoms with Gasteiger partial charge in [0, 0.05) is 34.9 Å². The maximum atomic E-state index is 14.4. The first-order valence-electron chi connectivity index (χ1n) is 8.67. The van der Waals surface area contributed by atoms with Crippen molar-refractivity contribution in [1.82, 2.24) is 4.98 Å². The van der Waals surface area contributed by atoms with Crippen molar-refractivity contribution < 1.29 is 17.6 Å². The summed E-state index contributed by atoms with van der Waals surface area (Å²) in [6, 6.07) is 7.27. The van der Waals surface area contributed by atoms with Gasteiger partial charge in [-0.05, 0) is 47.7 Å². The standard InChI is InChI=1S/C20H16FNO4S2/c21-17-10-13-7-8-22-20(24)16(13)9-14(17)11-28(25,26)19-6-5-18(27-19)12-1-3-15(23)4-2-12/h1,5-10H,2-4,11H2,(H,22,24). The van der Waals surface area contributed by atoms with Crippen LogP contribution in [0.25, 0.3) is 16.3 Å². The number of aromatic nitrogens is 1. The lowest BCUT2D eigenvalue weighted by molar-refractivity contribution is -0.118. The second-order valence-corrected chi connectivity index (χ2v) is 9.99. The average Bonchev–Trinajstić information content (AvgIpc) is 3.15. The van der Waals surface area contributed by atoms with E-state index in [9.17, 15) is 22.4 Å². The lowest BCUT2D eigenvalue weighted by Gasteiger charge is -2.10. The van der Waals surface area contributed by atoms with Crippen molar-refractivity contribution in [1.29, 1.82) is 0 Å². The summed E-state index contributed by atoms with van der Waals surface area (Å²) in [5.74, 6) is -1.01. The molecule has 2 heterocycles. The summed E-state index contributed by atoms with van der Waals surface area (Å²) in [5, 5.41) is 0.664. The molecule has 0 fully saturated rings. The number of thiophene rings is 1. The average molecular weight is 417 g/mol. The van der Waals surface area contributed by atoms with Gasteiger partial charge in [-0.15, -0.1) is 11.3 Å². The van der Waals surface area contributed by atoms with Gasteiger partial charge in [-0.25, -0.2) is 12.8 Å². The van der Waals surface area contributed by atoms with Crippen LogP contribution in [0.5, 0.6) is 0 Å². The molecule has 0 aliphatic heterocycles. The molecule has 1 aromatic carbocycles. The van der Waals surface area contributed by atoms with Gasteiger partial charge in [0.05, 0.1) is 5.75 Å². The van der Waals surface area contributed by atoms with Crippen molar-refractivity contribution in [2.75, 3.05) is 0 Å². The number of H-pyrrole nitrogens is 1. The van der Waals surface area contributed by atoms with Crippen molar-refractivity contribution in [3.05, 3.63) is 69.2 Å². The lowest BCUT2D eigenvalue weighted by Crippen LogP contribution is -2.09. The highest BCUT2D eigenvalue weighted by atomic mass is 32.2. The Morgan fingerprint density at radius 2 is 1.93 bits per heavy atom. The number of rotatable bonds is 4. The summed E-state index contributed by atoms with van der Waals surface area (Å²) < 4.78 is 40.2. The molecule has 1 aliphatic rings. The fraction of sp³-hybridized carbons (Fsp3) is 0.200. The van der Waals surface area contributed by atoms with Crippen molar-refractivity contribution in [3.63, 3.8) is 0 Å². The van der Waals surface area contributed by atoms with Gasteiger partial charge in [0.15, 0.2) is 9.84 Å². The fourth-order valence-electron chi connectivity index (χ4n) is 3.24. The number of sulfone groups is 1. The van der Waals surface area contributed by atoms with Crippen LogP contribution in [0.1, 0.15) is 29.7 Å². The number of ketones is 1. The Kier molecular flexibility index (Phi) is 4.76. The molecule has 2 aromatic heterocycles. The van der Waals surface area contributed by atoms with Crippen molar-refractivity contribution >= 4 is 43.3 Å². The van der Waals surface area contributed by atoms with Crippen LogP contribution in [0.4, 0.5) is 4.39 Å². The van der Waals surface area contributed by atoms with E-state index in [4.69, 9.17) is 0 Å². The van der Waals surface area contributed by atoms with Gasteiger partial charge in [0.1, 0.15) is 15.8 Å². The number of pyridine rings is 1. The van der Waals surface area contributed by atoms with Gasteiger partial charge < -0.3 is 4.98 Å². The number of benzene rings is 1. The van der Waals surface area contributed by atoms with E-state index in [0.717, 1.165) is 21.8 Å². The van der Waals surface area contributed by atoms with Crippen LogP contribution >= 0.6 is 11.3 Å². The van der Waals surface area contributed by atoms with Gasteiger partial charge in [0.2, 0.25) is 0 Å². The number of fused-ring (bicyclic) bond motifs is 1. The minimum absolute atomic E-state index is 0.0402. The number of allylic oxidation sites excluding steroid dienone is 2. The number of aromatic amines is 1. The van der Waals surface area contributed by atoms with E-state index in [1.54, 1.807) is 12.1 Å². The van der Waals surface area contributed by atoms with E-state index in [2.05, 4.69) is 4.98 Å². The third-order valence-corrected chi connectivity index (χ3v) is 8.15. The Morgan fingerprint density at radius 1 is 1.11 bits per heavy atom. The van der Waals surface area contributed by atoms with Gasteiger partial charge in [-0.3, -0.25) is 9.59 Å². The Hall–Kier alpha value is -2.58. The number of nitrogens with one attached hydrogen (secondary N) is 1. The molecule has 0 unspecified atom stereocenters. The van der Waals surface area contributed by atoms with E-state index in [1.165, 1.54) is 24.4 Å². The summed E-state index contributed by atoms with van der Waals surface area (Å²) in [7, 11) is -3.77. The van der Waals surface area contributed by atoms with Crippen LogP contribution in [-0.4, -0.2) is 19.2 Å². The fourth-order valence-corrected chi connectivity index (χ4v) is 6.05. The zero-order chi connectivity index (χ0) is 19.9. The van der Waals surface area contributed by atoms with Crippen LogP contribution in [0.3, 0.4) is 0 Å². The monoisotopic (exact) mass is 417 g/mol. The molecule has 5 nitrogen and oxygen atoms in total. The molecular formula is C20H16FNO4S2. The van der Waals surface area contributed by atoms with E-state index in [-0.39, 0.29) is 20.9 Å². The molecule has 1 aliphatic carbocycles. The predicted octanol–water partition coefficient (Wildman–Crippen LogP) is 3.84. The molecule has 0 amide bonds. The third kappa shape index (κ3) is 3.57. The van der Waals surface area contributed by atoms with Crippen LogP contribution in [0, 0.1) is 5.82 Å². The maximum Gasteiger partial charge on any atom is 0.255 e. The molecule has 0 radical (unpaired) electrons.